The Morgan fingerprint density at radius 2 is 1.55 bits per heavy atom. The fraction of sp³-hybridized carbons (Fsp3) is 0.333. The summed E-state index contributed by atoms with van der Waals surface area (Å²) in [6.07, 6.45) is 0.755. The molecule has 8 heteroatoms. The van der Waals surface area contributed by atoms with E-state index in [-0.39, 0.29) is 24.2 Å². The van der Waals surface area contributed by atoms with E-state index in [1.54, 1.807) is 24.3 Å². The van der Waals surface area contributed by atoms with Gasteiger partial charge >= 0.3 is 0 Å². The lowest BCUT2D eigenvalue weighted by molar-refractivity contribution is -0.0930. The fourth-order valence-corrected chi connectivity index (χ4v) is 3.82. The Labute approximate surface area is 181 Å². The molecule has 4 rings (SSSR count). The van der Waals surface area contributed by atoms with E-state index in [4.69, 9.17) is 16.4 Å². The van der Waals surface area contributed by atoms with Crippen LogP contribution in [0.25, 0.3) is 0 Å². The molecular weight excluding hydrogens is 413 g/mol. The third-order valence-corrected chi connectivity index (χ3v) is 5.38. The maximum absolute atomic E-state index is 12.3. The van der Waals surface area contributed by atoms with Gasteiger partial charge in [0.25, 0.3) is 11.8 Å². The van der Waals surface area contributed by atoms with Crippen LogP contribution in [0.5, 0.6) is 0 Å². The van der Waals surface area contributed by atoms with E-state index >= 15 is 0 Å². The van der Waals surface area contributed by atoms with Gasteiger partial charge in [-0.2, -0.15) is 0 Å². The number of halogens is 2. The van der Waals surface area contributed by atoms with Gasteiger partial charge in [-0.25, -0.2) is 0 Å². The van der Waals surface area contributed by atoms with E-state index in [1.165, 1.54) is 0 Å². The molecule has 2 heterocycles. The van der Waals surface area contributed by atoms with Crippen LogP contribution in [-0.4, -0.2) is 61.1 Å². The van der Waals surface area contributed by atoms with Crippen LogP contribution >= 0.6 is 24.0 Å². The van der Waals surface area contributed by atoms with Gasteiger partial charge in [0, 0.05) is 43.4 Å². The number of carbonyl (C=O) groups is 2. The lowest BCUT2D eigenvalue weighted by Gasteiger charge is -2.36. The summed E-state index contributed by atoms with van der Waals surface area (Å²) in [7, 11) is 0. The number of hydrogen-bond donors (Lipinski definition) is 0. The molecule has 154 valence electrons. The number of piperazine rings is 1. The summed E-state index contributed by atoms with van der Waals surface area (Å²) in [4.78, 5) is 34.7. The van der Waals surface area contributed by atoms with Crippen LogP contribution in [0.4, 0.5) is 5.69 Å². The van der Waals surface area contributed by atoms with Crippen LogP contribution in [0, 0.1) is 0 Å². The van der Waals surface area contributed by atoms with Crippen LogP contribution in [0.2, 0.25) is 5.02 Å². The first kappa shape index (κ1) is 21.6. The van der Waals surface area contributed by atoms with Crippen LogP contribution < -0.4 is 4.90 Å². The van der Waals surface area contributed by atoms with Crippen molar-refractivity contribution in [2.45, 2.75) is 6.42 Å². The third kappa shape index (κ3) is 4.73. The second-order valence-corrected chi connectivity index (χ2v) is 7.38. The molecule has 2 aromatic rings. The second-order valence-electron chi connectivity index (χ2n) is 6.95. The molecule has 1 fully saturated rings. The predicted molar refractivity (Wildman–Crippen MR) is 115 cm³/mol. The maximum Gasteiger partial charge on any atom is 0.285 e. The van der Waals surface area contributed by atoms with Crippen molar-refractivity contribution in [1.29, 1.82) is 0 Å². The molecule has 2 aliphatic rings. The summed E-state index contributed by atoms with van der Waals surface area (Å²) in [5, 5.41) is 1.65. The maximum atomic E-state index is 12.3. The molecule has 0 unspecified atom stereocenters. The van der Waals surface area contributed by atoms with Crippen molar-refractivity contribution in [3.05, 3.63) is 64.7 Å². The molecule has 0 spiro atoms. The van der Waals surface area contributed by atoms with Crippen molar-refractivity contribution in [3.8, 4) is 0 Å². The predicted octanol–water partition coefficient (Wildman–Crippen LogP) is 3.50. The summed E-state index contributed by atoms with van der Waals surface area (Å²) in [6.45, 7) is 5.00. The van der Waals surface area contributed by atoms with Crippen molar-refractivity contribution >= 4 is 41.5 Å². The first-order valence-electron chi connectivity index (χ1n) is 9.47. The topological polar surface area (TPSA) is 53.1 Å². The van der Waals surface area contributed by atoms with Crippen LogP contribution in [-0.2, 0) is 4.84 Å². The Kier molecular flexibility index (Phi) is 7.14. The van der Waals surface area contributed by atoms with Crippen molar-refractivity contribution in [2.75, 3.05) is 44.2 Å². The summed E-state index contributed by atoms with van der Waals surface area (Å²) in [5.41, 5.74) is 1.97. The Bertz CT molecular complexity index is 850. The zero-order valence-corrected chi connectivity index (χ0v) is 17.5. The molecule has 2 amide bonds. The number of amides is 2. The second kappa shape index (κ2) is 9.59. The zero-order chi connectivity index (χ0) is 19.5. The molecule has 0 aromatic heterocycles. The van der Waals surface area contributed by atoms with E-state index in [0.717, 1.165) is 54.9 Å². The number of imide groups is 1. The molecule has 0 saturated carbocycles. The fourth-order valence-electron chi connectivity index (χ4n) is 3.63. The molecule has 0 radical (unpaired) electrons. The van der Waals surface area contributed by atoms with Gasteiger partial charge in [-0.1, -0.05) is 29.8 Å². The number of rotatable bonds is 6. The number of anilines is 1. The monoisotopic (exact) mass is 435 g/mol. The van der Waals surface area contributed by atoms with Gasteiger partial charge in [-0.3, -0.25) is 19.3 Å². The highest BCUT2D eigenvalue weighted by atomic mass is 35.5. The molecule has 29 heavy (non-hydrogen) atoms. The lowest BCUT2D eigenvalue weighted by atomic mass is 10.1. The molecule has 0 aliphatic carbocycles. The average Bonchev–Trinajstić information content (AvgIpc) is 2.96. The van der Waals surface area contributed by atoms with Crippen molar-refractivity contribution in [3.63, 3.8) is 0 Å². The van der Waals surface area contributed by atoms with Gasteiger partial charge in [0.05, 0.1) is 17.7 Å². The highest BCUT2D eigenvalue weighted by Crippen LogP contribution is 2.23. The SMILES string of the molecule is Cl.O=C1c2ccccc2C(=O)N1OCCCN1CCN(c2cccc(Cl)c2)CC1. The molecular formula is C21H23Cl2N3O3. The lowest BCUT2D eigenvalue weighted by Crippen LogP contribution is -2.46. The van der Waals surface area contributed by atoms with Gasteiger partial charge in [0.15, 0.2) is 0 Å². The minimum absolute atomic E-state index is 0. The largest absolute Gasteiger partial charge is 0.369 e. The first-order chi connectivity index (χ1) is 13.6. The van der Waals surface area contributed by atoms with E-state index in [2.05, 4.69) is 15.9 Å². The molecule has 2 aromatic carbocycles. The Morgan fingerprint density at radius 3 is 2.17 bits per heavy atom. The van der Waals surface area contributed by atoms with E-state index in [9.17, 15) is 9.59 Å². The van der Waals surface area contributed by atoms with Crippen LogP contribution in [0.15, 0.2) is 48.5 Å². The molecule has 0 bridgehead atoms. The van der Waals surface area contributed by atoms with Gasteiger partial charge in [0.2, 0.25) is 0 Å². The minimum atomic E-state index is -0.379. The van der Waals surface area contributed by atoms with Gasteiger partial charge in [0.1, 0.15) is 0 Å². The number of carbonyl (C=O) groups excluding carboxylic acids is 2. The van der Waals surface area contributed by atoms with Gasteiger partial charge < -0.3 is 4.90 Å². The molecule has 6 nitrogen and oxygen atoms in total. The molecule has 0 atom stereocenters. The molecule has 1 saturated heterocycles. The third-order valence-electron chi connectivity index (χ3n) is 5.14. The highest BCUT2D eigenvalue weighted by Gasteiger charge is 2.36. The van der Waals surface area contributed by atoms with E-state index < -0.39 is 0 Å². The normalized spacial score (nSPS) is 16.7. The number of nitrogens with zero attached hydrogens (tertiary/aromatic N) is 3. The summed E-state index contributed by atoms with van der Waals surface area (Å²) in [6, 6.07) is 14.7. The van der Waals surface area contributed by atoms with Crippen molar-refractivity contribution in [2.24, 2.45) is 0 Å². The quantitative estimate of drug-likeness (QED) is 0.513. The Balaban J connectivity index is 0.00000240. The number of hydrogen-bond acceptors (Lipinski definition) is 5. The number of benzene rings is 2. The smallest absolute Gasteiger partial charge is 0.285 e. The Hall–Kier alpha value is -2.12. The number of fused-ring (bicyclic) bond motifs is 1. The summed E-state index contributed by atoms with van der Waals surface area (Å²) in [5.74, 6) is -0.758. The van der Waals surface area contributed by atoms with Crippen LogP contribution in [0.3, 0.4) is 0 Å². The van der Waals surface area contributed by atoms with Gasteiger partial charge in [-0.15, -0.1) is 17.5 Å². The van der Waals surface area contributed by atoms with Crippen molar-refractivity contribution in [1.82, 2.24) is 9.96 Å². The summed E-state index contributed by atoms with van der Waals surface area (Å²) < 4.78 is 0. The molecule has 2 aliphatic heterocycles. The van der Waals surface area contributed by atoms with Crippen molar-refractivity contribution < 1.29 is 14.4 Å². The number of hydroxylamine groups is 2. The van der Waals surface area contributed by atoms with Gasteiger partial charge in [-0.05, 0) is 36.8 Å². The summed E-state index contributed by atoms with van der Waals surface area (Å²) >= 11 is 6.08. The zero-order valence-electron chi connectivity index (χ0n) is 15.9. The van der Waals surface area contributed by atoms with E-state index in [1.807, 2.05) is 18.2 Å². The standard InChI is InChI=1S/C21H22ClN3O3.ClH/c22-16-5-3-6-17(15-16)24-12-10-23(11-13-24)9-4-14-28-25-20(26)18-7-1-2-8-19(18)21(25)27;/h1-3,5-8,15H,4,9-14H2;1H. The van der Waals surface area contributed by atoms with Crippen LogP contribution in [0.1, 0.15) is 27.1 Å². The Morgan fingerprint density at radius 1 is 0.897 bits per heavy atom. The highest BCUT2D eigenvalue weighted by molar-refractivity contribution is 6.30. The average molecular weight is 436 g/mol. The first-order valence-corrected chi connectivity index (χ1v) is 9.85. The van der Waals surface area contributed by atoms with E-state index in [0.29, 0.717) is 17.7 Å². The molecule has 0 N–H and O–H groups in total. The minimum Gasteiger partial charge on any atom is -0.369 e.